The zero-order chi connectivity index (χ0) is 15.9. The third-order valence-electron chi connectivity index (χ3n) is 2.73. The highest BCUT2D eigenvalue weighted by molar-refractivity contribution is 9.10. The summed E-state index contributed by atoms with van der Waals surface area (Å²) in [5.74, 6) is -0.147. The van der Waals surface area contributed by atoms with E-state index < -0.39 is 0 Å². The molecule has 0 radical (unpaired) electrons. The molecule has 0 aliphatic rings. The molecule has 0 aliphatic heterocycles. The van der Waals surface area contributed by atoms with Crippen LogP contribution >= 0.6 is 39.3 Å². The molecular formula is C16H14BrClN2OS. The van der Waals surface area contributed by atoms with Gasteiger partial charge in [-0.1, -0.05) is 39.7 Å². The summed E-state index contributed by atoms with van der Waals surface area (Å²) in [6, 6.07) is 15.1. The zero-order valence-corrected chi connectivity index (χ0v) is 15.0. The van der Waals surface area contributed by atoms with Crippen LogP contribution in [0.25, 0.3) is 0 Å². The highest BCUT2D eigenvalue weighted by Gasteiger charge is 2.13. The molecule has 6 heteroatoms. The van der Waals surface area contributed by atoms with Gasteiger partial charge in [-0.25, -0.2) is 5.43 Å². The summed E-state index contributed by atoms with van der Waals surface area (Å²) < 4.78 is 0.967. The van der Waals surface area contributed by atoms with E-state index in [1.807, 2.05) is 43.3 Å². The van der Waals surface area contributed by atoms with E-state index in [0.717, 1.165) is 14.9 Å². The lowest BCUT2D eigenvalue weighted by atomic mass is 10.2. The van der Waals surface area contributed by atoms with E-state index >= 15 is 0 Å². The number of hydrogen-bond donors (Lipinski definition) is 1. The first-order valence-corrected chi connectivity index (χ1v) is 8.60. The fraction of sp³-hybridized carbons (Fsp3) is 0.125. The van der Waals surface area contributed by atoms with Gasteiger partial charge in [-0.2, -0.15) is 5.10 Å². The highest BCUT2D eigenvalue weighted by Crippen LogP contribution is 2.24. The third kappa shape index (κ3) is 5.48. The Labute approximate surface area is 147 Å². The van der Waals surface area contributed by atoms with Gasteiger partial charge in [0, 0.05) is 14.4 Å². The second-order valence-corrected chi connectivity index (χ2v) is 7.27. The molecule has 1 atom stereocenters. The molecule has 0 fully saturated rings. The van der Waals surface area contributed by atoms with Gasteiger partial charge in [0.2, 0.25) is 0 Å². The zero-order valence-electron chi connectivity index (χ0n) is 11.8. The molecule has 0 heterocycles. The SMILES string of the molecule is C[C@@H](Sc1ccc(Cl)cc1)C(=O)N/N=C\c1cccc(Br)c1. The number of nitrogens with zero attached hydrogens (tertiary/aromatic N) is 1. The van der Waals surface area contributed by atoms with E-state index in [2.05, 4.69) is 26.5 Å². The van der Waals surface area contributed by atoms with E-state index in [9.17, 15) is 4.79 Å². The first-order chi connectivity index (χ1) is 10.5. The number of benzene rings is 2. The molecule has 3 nitrogen and oxygen atoms in total. The average Bonchev–Trinajstić information content (AvgIpc) is 2.49. The molecule has 22 heavy (non-hydrogen) atoms. The summed E-state index contributed by atoms with van der Waals surface area (Å²) in [5.41, 5.74) is 3.46. The Morgan fingerprint density at radius 1 is 1.32 bits per heavy atom. The maximum absolute atomic E-state index is 12.0. The molecule has 0 aromatic heterocycles. The van der Waals surface area contributed by atoms with Crippen LogP contribution in [0.3, 0.4) is 0 Å². The number of hydrazone groups is 1. The molecule has 0 unspecified atom stereocenters. The van der Waals surface area contributed by atoms with Gasteiger partial charge in [-0.15, -0.1) is 11.8 Å². The van der Waals surface area contributed by atoms with Crippen LogP contribution in [0.15, 0.2) is 63.0 Å². The molecule has 0 spiro atoms. The second kappa shape index (κ2) is 8.36. The van der Waals surface area contributed by atoms with Crippen molar-refractivity contribution in [3.05, 3.63) is 63.6 Å². The molecule has 2 aromatic rings. The van der Waals surface area contributed by atoms with Crippen LogP contribution in [-0.4, -0.2) is 17.4 Å². The van der Waals surface area contributed by atoms with Crippen LogP contribution in [0.5, 0.6) is 0 Å². The first kappa shape index (κ1) is 17.1. The summed E-state index contributed by atoms with van der Waals surface area (Å²) in [6.45, 7) is 1.84. The molecule has 114 valence electrons. The number of rotatable bonds is 5. The molecule has 2 aromatic carbocycles. The molecule has 1 amide bonds. The standard InChI is InChI=1S/C16H14BrClN2OS/c1-11(22-15-7-5-14(18)6-8-15)16(21)20-19-10-12-3-2-4-13(17)9-12/h2-11H,1H3,(H,20,21)/b19-10-/t11-/m1/s1. The van der Waals surface area contributed by atoms with Gasteiger partial charge in [0.25, 0.3) is 5.91 Å². The van der Waals surface area contributed by atoms with Crippen LogP contribution in [-0.2, 0) is 4.79 Å². The summed E-state index contributed by atoms with van der Waals surface area (Å²) >= 11 is 10.7. The number of hydrogen-bond acceptors (Lipinski definition) is 3. The lowest BCUT2D eigenvalue weighted by Crippen LogP contribution is -2.26. The van der Waals surface area contributed by atoms with Crippen LogP contribution in [0.2, 0.25) is 5.02 Å². The maximum Gasteiger partial charge on any atom is 0.253 e. The minimum Gasteiger partial charge on any atom is -0.272 e. The predicted molar refractivity (Wildman–Crippen MR) is 96.6 cm³/mol. The van der Waals surface area contributed by atoms with Gasteiger partial charge in [-0.3, -0.25) is 4.79 Å². The van der Waals surface area contributed by atoms with Crippen molar-refractivity contribution in [1.82, 2.24) is 5.43 Å². The van der Waals surface area contributed by atoms with E-state index in [1.54, 1.807) is 18.3 Å². The van der Waals surface area contributed by atoms with Crippen LogP contribution in [0.1, 0.15) is 12.5 Å². The predicted octanol–water partition coefficient (Wildman–Crippen LogP) is 4.73. The minimum atomic E-state index is -0.249. The van der Waals surface area contributed by atoms with E-state index in [4.69, 9.17) is 11.6 Å². The molecule has 0 saturated heterocycles. The van der Waals surface area contributed by atoms with Crippen molar-refractivity contribution in [2.75, 3.05) is 0 Å². The number of thioether (sulfide) groups is 1. The smallest absolute Gasteiger partial charge is 0.253 e. The molecular weight excluding hydrogens is 384 g/mol. The van der Waals surface area contributed by atoms with Gasteiger partial charge in [-0.05, 0) is 48.9 Å². The number of nitrogens with one attached hydrogen (secondary N) is 1. The lowest BCUT2D eigenvalue weighted by Gasteiger charge is -2.09. The number of carbonyl (C=O) groups excluding carboxylic acids is 1. The van der Waals surface area contributed by atoms with Gasteiger partial charge >= 0.3 is 0 Å². The van der Waals surface area contributed by atoms with E-state index in [1.165, 1.54) is 11.8 Å². The minimum absolute atomic E-state index is 0.147. The monoisotopic (exact) mass is 396 g/mol. The molecule has 1 N–H and O–H groups in total. The fourth-order valence-electron chi connectivity index (χ4n) is 1.62. The summed E-state index contributed by atoms with van der Waals surface area (Å²) in [6.07, 6.45) is 1.61. The van der Waals surface area contributed by atoms with Crippen LogP contribution < -0.4 is 5.43 Å². The van der Waals surface area contributed by atoms with Crippen molar-refractivity contribution in [2.24, 2.45) is 5.10 Å². The number of carbonyl (C=O) groups is 1. The van der Waals surface area contributed by atoms with Crippen LogP contribution in [0, 0.1) is 0 Å². The summed E-state index contributed by atoms with van der Waals surface area (Å²) in [5, 5.41) is 4.41. The summed E-state index contributed by atoms with van der Waals surface area (Å²) in [4.78, 5) is 13.0. The largest absolute Gasteiger partial charge is 0.272 e. The Morgan fingerprint density at radius 2 is 2.05 bits per heavy atom. The fourth-order valence-corrected chi connectivity index (χ4v) is 3.02. The Bertz CT molecular complexity index is 676. The lowest BCUT2D eigenvalue weighted by molar-refractivity contribution is -0.120. The van der Waals surface area contributed by atoms with Crippen molar-refractivity contribution >= 4 is 51.4 Å². The second-order valence-electron chi connectivity index (χ2n) is 4.50. The third-order valence-corrected chi connectivity index (χ3v) is 4.59. The van der Waals surface area contributed by atoms with Crippen molar-refractivity contribution in [3.63, 3.8) is 0 Å². The Kier molecular flexibility index (Phi) is 6.49. The average molecular weight is 398 g/mol. The highest BCUT2D eigenvalue weighted by atomic mass is 79.9. The molecule has 2 rings (SSSR count). The van der Waals surface area contributed by atoms with Gasteiger partial charge in [0.15, 0.2) is 0 Å². The normalized spacial score (nSPS) is 12.3. The first-order valence-electron chi connectivity index (χ1n) is 6.55. The quantitative estimate of drug-likeness (QED) is 0.450. The number of amides is 1. The van der Waals surface area contributed by atoms with Gasteiger partial charge in [0.1, 0.15) is 0 Å². The molecule has 0 aliphatic carbocycles. The van der Waals surface area contributed by atoms with E-state index in [-0.39, 0.29) is 11.2 Å². The van der Waals surface area contributed by atoms with Crippen molar-refractivity contribution in [1.29, 1.82) is 0 Å². The van der Waals surface area contributed by atoms with Crippen molar-refractivity contribution in [3.8, 4) is 0 Å². The van der Waals surface area contributed by atoms with Crippen LogP contribution in [0.4, 0.5) is 0 Å². The number of halogens is 2. The molecule has 0 saturated carbocycles. The van der Waals surface area contributed by atoms with E-state index in [0.29, 0.717) is 5.02 Å². The topological polar surface area (TPSA) is 41.5 Å². The molecule has 0 bridgehead atoms. The Morgan fingerprint density at radius 3 is 2.73 bits per heavy atom. The van der Waals surface area contributed by atoms with Gasteiger partial charge < -0.3 is 0 Å². The van der Waals surface area contributed by atoms with Crippen molar-refractivity contribution < 1.29 is 4.79 Å². The van der Waals surface area contributed by atoms with Crippen molar-refractivity contribution in [2.45, 2.75) is 17.1 Å². The Balaban J connectivity index is 1.87. The van der Waals surface area contributed by atoms with Gasteiger partial charge in [0.05, 0.1) is 11.5 Å². The Hall–Kier alpha value is -1.30. The summed E-state index contributed by atoms with van der Waals surface area (Å²) in [7, 11) is 0. The maximum atomic E-state index is 12.0.